The Morgan fingerprint density at radius 1 is 1.00 bits per heavy atom. The first-order chi connectivity index (χ1) is 7.18. The number of aryl methyl sites for hydroxylation is 1. The zero-order valence-electron chi connectivity index (χ0n) is 8.37. The quantitative estimate of drug-likeness (QED) is 0.685. The van der Waals surface area contributed by atoms with Gasteiger partial charge in [0.2, 0.25) is 0 Å². The molecule has 0 aromatic heterocycles. The van der Waals surface area contributed by atoms with Crippen LogP contribution in [0.2, 0.25) is 5.02 Å². The van der Waals surface area contributed by atoms with E-state index in [1.165, 1.54) is 5.56 Å². The number of benzene rings is 2. The van der Waals surface area contributed by atoms with E-state index in [9.17, 15) is 0 Å². The summed E-state index contributed by atoms with van der Waals surface area (Å²) in [5.41, 5.74) is 3.41. The predicted molar refractivity (Wildman–Crippen MR) is 68.9 cm³/mol. The van der Waals surface area contributed by atoms with E-state index in [4.69, 9.17) is 11.6 Å². The van der Waals surface area contributed by atoms with Crippen molar-refractivity contribution in [1.82, 2.24) is 0 Å². The first-order valence-electron chi connectivity index (χ1n) is 4.73. The Hall–Kier alpha value is -0.920. The van der Waals surface area contributed by atoms with Crippen LogP contribution in [-0.2, 0) is 0 Å². The van der Waals surface area contributed by atoms with Gasteiger partial charge in [0.05, 0.1) is 5.02 Å². The molecule has 2 aromatic rings. The van der Waals surface area contributed by atoms with Gasteiger partial charge in [-0.25, -0.2) is 0 Å². The second kappa shape index (κ2) is 4.30. The summed E-state index contributed by atoms with van der Waals surface area (Å²) in [6, 6.07) is 14.2. The molecule has 0 atom stereocenters. The van der Waals surface area contributed by atoms with Crippen LogP contribution in [0, 0.1) is 6.92 Å². The van der Waals surface area contributed by atoms with Crippen molar-refractivity contribution in [2.45, 2.75) is 11.8 Å². The Morgan fingerprint density at radius 2 is 1.67 bits per heavy atom. The van der Waals surface area contributed by atoms with Gasteiger partial charge in [0, 0.05) is 10.5 Å². The molecule has 0 unspecified atom stereocenters. The Morgan fingerprint density at radius 3 is 2.33 bits per heavy atom. The summed E-state index contributed by atoms with van der Waals surface area (Å²) < 4.78 is 0. The van der Waals surface area contributed by atoms with Crippen molar-refractivity contribution in [2.24, 2.45) is 0 Å². The average Bonchev–Trinajstić information content (AvgIpc) is 2.24. The van der Waals surface area contributed by atoms with Gasteiger partial charge in [-0.1, -0.05) is 53.6 Å². The molecule has 0 amide bonds. The molecule has 0 aliphatic rings. The van der Waals surface area contributed by atoms with Crippen LogP contribution in [-0.4, -0.2) is 0 Å². The van der Waals surface area contributed by atoms with Crippen molar-refractivity contribution >= 4 is 24.2 Å². The van der Waals surface area contributed by atoms with Gasteiger partial charge < -0.3 is 0 Å². The van der Waals surface area contributed by atoms with Gasteiger partial charge in [-0.3, -0.25) is 0 Å². The van der Waals surface area contributed by atoms with E-state index in [2.05, 4.69) is 43.8 Å². The van der Waals surface area contributed by atoms with E-state index in [0.717, 1.165) is 16.0 Å². The number of hydrogen-bond donors (Lipinski definition) is 1. The highest BCUT2D eigenvalue weighted by Crippen LogP contribution is 2.32. The summed E-state index contributed by atoms with van der Waals surface area (Å²) in [6.45, 7) is 2.07. The number of rotatable bonds is 1. The molecule has 0 aliphatic carbocycles. The fourth-order valence-corrected chi connectivity index (χ4v) is 1.92. The minimum atomic E-state index is 0.713. The van der Waals surface area contributed by atoms with Gasteiger partial charge in [0.1, 0.15) is 0 Å². The lowest BCUT2D eigenvalue weighted by Crippen LogP contribution is -1.81. The van der Waals surface area contributed by atoms with Crippen LogP contribution >= 0.6 is 24.2 Å². The molecular weight excluding hydrogens is 224 g/mol. The van der Waals surface area contributed by atoms with Crippen LogP contribution in [0.4, 0.5) is 0 Å². The number of halogens is 1. The SMILES string of the molecule is Cc1ccc(-c2cccc(S)c2Cl)cc1. The summed E-state index contributed by atoms with van der Waals surface area (Å²) in [6.07, 6.45) is 0. The maximum Gasteiger partial charge on any atom is 0.0617 e. The number of thiol groups is 1. The molecule has 0 saturated carbocycles. The van der Waals surface area contributed by atoms with E-state index in [0.29, 0.717) is 5.02 Å². The van der Waals surface area contributed by atoms with Crippen molar-refractivity contribution in [1.29, 1.82) is 0 Å². The lowest BCUT2D eigenvalue weighted by atomic mass is 10.0. The molecule has 0 N–H and O–H groups in total. The van der Waals surface area contributed by atoms with Gasteiger partial charge in [0.25, 0.3) is 0 Å². The second-order valence-corrected chi connectivity index (χ2v) is 4.36. The minimum absolute atomic E-state index is 0.713. The summed E-state index contributed by atoms with van der Waals surface area (Å²) >= 11 is 10.5. The topological polar surface area (TPSA) is 0 Å². The standard InChI is InChI=1S/C13H11ClS/c1-9-5-7-10(8-6-9)11-3-2-4-12(15)13(11)14/h2-8,15H,1H3. The van der Waals surface area contributed by atoms with Crippen molar-refractivity contribution in [3.8, 4) is 11.1 Å². The Labute approximate surface area is 100 Å². The third kappa shape index (κ3) is 2.19. The first-order valence-corrected chi connectivity index (χ1v) is 5.55. The fourth-order valence-electron chi connectivity index (χ4n) is 1.48. The lowest BCUT2D eigenvalue weighted by molar-refractivity contribution is 1.44. The molecule has 0 saturated heterocycles. The second-order valence-electron chi connectivity index (χ2n) is 3.50. The van der Waals surface area contributed by atoms with Gasteiger partial charge in [-0.15, -0.1) is 12.6 Å². The van der Waals surface area contributed by atoms with Crippen molar-refractivity contribution < 1.29 is 0 Å². The smallest absolute Gasteiger partial charge is 0.0617 e. The third-order valence-corrected chi connectivity index (χ3v) is 3.25. The molecule has 2 aromatic carbocycles. The molecule has 0 bridgehead atoms. The van der Waals surface area contributed by atoms with Gasteiger partial charge in [-0.2, -0.15) is 0 Å². The molecule has 0 heterocycles. The van der Waals surface area contributed by atoms with Crippen LogP contribution in [0.25, 0.3) is 11.1 Å². The molecule has 0 aliphatic heterocycles. The van der Waals surface area contributed by atoms with Crippen LogP contribution in [0.5, 0.6) is 0 Å². The highest BCUT2D eigenvalue weighted by atomic mass is 35.5. The summed E-state index contributed by atoms with van der Waals surface area (Å²) in [5, 5.41) is 0.713. The van der Waals surface area contributed by atoms with Gasteiger partial charge in [-0.05, 0) is 18.6 Å². The van der Waals surface area contributed by atoms with Crippen molar-refractivity contribution in [3.63, 3.8) is 0 Å². The molecule has 0 nitrogen and oxygen atoms in total. The summed E-state index contributed by atoms with van der Waals surface area (Å²) in [4.78, 5) is 0.815. The molecule has 2 rings (SSSR count). The molecule has 76 valence electrons. The van der Waals surface area contributed by atoms with Crippen LogP contribution < -0.4 is 0 Å². The lowest BCUT2D eigenvalue weighted by Gasteiger charge is -2.06. The largest absolute Gasteiger partial charge is 0.142 e. The third-order valence-electron chi connectivity index (χ3n) is 2.34. The molecule has 0 radical (unpaired) electrons. The van der Waals surface area contributed by atoms with Crippen LogP contribution in [0.15, 0.2) is 47.4 Å². The van der Waals surface area contributed by atoms with E-state index < -0.39 is 0 Å². The zero-order valence-corrected chi connectivity index (χ0v) is 10.0. The first kappa shape index (κ1) is 10.6. The highest BCUT2D eigenvalue weighted by Gasteiger charge is 2.04. The number of hydrogen-bond acceptors (Lipinski definition) is 1. The Balaban J connectivity index is 2.54. The van der Waals surface area contributed by atoms with Crippen molar-refractivity contribution in [3.05, 3.63) is 53.1 Å². The van der Waals surface area contributed by atoms with Crippen molar-refractivity contribution in [2.75, 3.05) is 0 Å². The summed E-state index contributed by atoms with van der Waals surface area (Å²) in [7, 11) is 0. The van der Waals surface area contributed by atoms with E-state index in [1.807, 2.05) is 18.2 Å². The highest BCUT2D eigenvalue weighted by molar-refractivity contribution is 7.80. The van der Waals surface area contributed by atoms with Crippen LogP contribution in [0.3, 0.4) is 0 Å². The summed E-state index contributed by atoms with van der Waals surface area (Å²) in [5.74, 6) is 0. The Kier molecular flexibility index (Phi) is 3.03. The predicted octanol–water partition coefficient (Wildman–Crippen LogP) is 4.60. The van der Waals surface area contributed by atoms with Gasteiger partial charge >= 0.3 is 0 Å². The fraction of sp³-hybridized carbons (Fsp3) is 0.0769. The van der Waals surface area contributed by atoms with E-state index >= 15 is 0 Å². The molecule has 0 spiro atoms. The Bertz CT molecular complexity index is 474. The van der Waals surface area contributed by atoms with E-state index in [1.54, 1.807) is 0 Å². The maximum atomic E-state index is 6.19. The maximum absolute atomic E-state index is 6.19. The minimum Gasteiger partial charge on any atom is -0.142 e. The zero-order chi connectivity index (χ0) is 10.8. The molecular formula is C13H11ClS. The molecule has 0 fully saturated rings. The monoisotopic (exact) mass is 234 g/mol. The van der Waals surface area contributed by atoms with Crippen LogP contribution in [0.1, 0.15) is 5.56 Å². The molecule has 15 heavy (non-hydrogen) atoms. The normalized spacial score (nSPS) is 10.3. The van der Waals surface area contributed by atoms with Gasteiger partial charge in [0.15, 0.2) is 0 Å². The average molecular weight is 235 g/mol. The molecule has 2 heteroatoms. The van der Waals surface area contributed by atoms with E-state index in [-0.39, 0.29) is 0 Å².